The van der Waals surface area contributed by atoms with E-state index < -0.39 is 0 Å². The van der Waals surface area contributed by atoms with Crippen molar-refractivity contribution in [3.8, 4) is 0 Å². The predicted octanol–water partition coefficient (Wildman–Crippen LogP) is 4.17. The number of ether oxygens (including phenoxy) is 2. The maximum atomic E-state index is 13.4. The van der Waals surface area contributed by atoms with Gasteiger partial charge >= 0.3 is 0 Å². The normalized spacial score (nSPS) is 23.3. The van der Waals surface area contributed by atoms with Gasteiger partial charge in [-0.1, -0.05) is 18.7 Å². The number of nitrogens with zero attached hydrogens (tertiary/aromatic N) is 2. The van der Waals surface area contributed by atoms with Crippen LogP contribution in [0.15, 0.2) is 9.95 Å². The lowest BCUT2D eigenvalue weighted by Crippen LogP contribution is -2.29. The van der Waals surface area contributed by atoms with E-state index in [2.05, 4.69) is 13.8 Å². The molecular formula is C20H28N2O3S2. The van der Waals surface area contributed by atoms with Crippen molar-refractivity contribution >= 4 is 33.3 Å². The molecule has 0 N–H and O–H groups in total. The number of rotatable bonds is 6. The molecule has 2 unspecified atom stereocenters. The molecule has 4 rings (SSSR count). The third kappa shape index (κ3) is 4.11. The minimum absolute atomic E-state index is 0.101. The van der Waals surface area contributed by atoms with Crippen molar-refractivity contribution in [1.82, 2.24) is 9.55 Å². The highest BCUT2D eigenvalue weighted by atomic mass is 32.2. The second-order valence-electron chi connectivity index (χ2n) is 7.42. The third-order valence-corrected chi connectivity index (χ3v) is 7.66. The Kier molecular flexibility index (Phi) is 6.21. The summed E-state index contributed by atoms with van der Waals surface area (Å²) in [5.74, 6) is 0.856. The molecule has 2 saturated heterocycles. The highest BCUT2D eigenvalue weighted by Gasteiger charge is 2.23. The molecule has 0 amide bonds. The molecule has 0 bridgehead atoms. The molecule has 2 fully saturated rings. The predicted molar refractivity (Wildman–Crippen MR) is 111 cm³/mol. The first-order valence-corrected chi connectivity index (χ1v) is 11.9. The number of thiophene rings is 1. The van der Waals surface area contributed by atoms with Crippen molar-refractivity contribution < 1.29 is 9.47 Å². The number of hydrogen-bond donors (Lipinski definition) is 0. The van der Waals surface area contributed by atoms with E-state index in [1.54, 1.807) is 23.1 Å². The largest absolute Gasteiger partial charge is 0.377 e. The number of aromatic nitrogens is 2. The standard InChI is InChI=1S/C20H28N2O3S2/c1-3-16-13(2)27-18-17(16)19(23)22(11-14-8-6-10-24-14)20(21-18)26-12-15-7-4-5-9-25-15/h14-15H,3-12H2,1-2H3. The van der Waals surface area contributed by atoms with Gasteiger partial charge in [-0.25, -0.2) is 4.98 Å². The Morgan fingerprint density at radius 1 is 1.19 bits per heavy atom. The molecule has 2 aliphatic rings. The summed E-state index contributed by atoms with van der Waals surface area (Å²) in [5.41, 5.74) is 1.25. The molecule has 0 spiro atoms. The fraction of sp³-hybridized carbons (Fsp3) is 0.700. The number of hydrogen-bond acceptors (Lipinski definition) is 6. The molecule has 2 aromatic heterocycles. The highest BCUT2D eigenvalue weighted by molar-refractivity contribution is 7.99. The van der Waals surface area contributed by atoms with Crippen LogP contribution in [0.1, 0.15) is 49.5 Å². The third-order valence-electron chi connectivity index (χ3n) is 5.51. The zero-order valence-electron chi connectivity index (χ0n) is 16.2. The molecule has 4 heterocycles. The second kappa shape index (κ2) is 8.64. The minimum Gasteiger partial charge on any atom is -0.377 e. The molecule has 148 valence electrons. The van der Waals surface area contributed by atoms with Gasteiger partial charge in [-0.05, 0) is 51.0 Å². The van der Waals surface area contributed by atoms with Gasteiger partial charge in [0.05, 0.1) is 24.1 Å². The molecule has 7 heteroatoms. The Morgan fingerprint density at radius 3 is 2.67 bits per heavy atom. The van der Waals surface area contributed by atoms with Gasteiger partial charge in [-0.3, -0.25) is 9.36 Å². The van der Waals surface area contributed by atoms with Crippen LogP contribution in [-0.2, 0) is 22.4 Å². The average Bonchev–Trinajstić information content (AvgIpc) is 3.30. The average molecular weight is 409 g/mol. The van der Waals surface area contributed by atoms with E-state index in [0.717, 1.165) is 72.0 Å². The van der Waals surface area contributed by atoms with Gasteiger partial charge in [-0.2, -0.15) is 0 Å². The zero-order chi connectivity index (χ0) is 18.8. The first kappa shape index (κ1) is 19.4. The number of thioether (sulfide) groups is 1. The summed E-state index contributed by atoms with van der Waals surface area (Å²) < 4.78 is 13.6. The van der Waals surface area contributed by atoms with Crippen LogP contribution in [0.5, 0.6) is 0 Å². The SMILES string of the molecule is CCc1c(C)sc2nc(SCC3CCCCO3)n(CC3CCCO3)c(=O)c12. The lowest BCUT2D eigenvalue weighted by atomic mass is 10.1. The molecule has 0 radical (unpaired) electrons. The van der Waals surface area contributed by atoms with Gasteiger partial charge < -0.3 is 9.47 Å². The maximum Gasteiger partial charge on any atom is 0.263 e. The van der Waals surface area contributed by atoms with Crippen molar-refractivity contribution in [2.24, 2.45) is 0 Å². The fourth-order valence-corrected chi connectivity index (χ4v) is 6.26. The van der Waals surface area contributed by atoms with E-state index in [1.165, 1.54) is 11.3 Å². The van der Waals surface area contributed by atoms with Crippen LogP contribution in [0.25, 0.3) is 10.2 Å². The summed E-state index contributed by atoms with van der Waals surface area (Å²) in [5, 5.41) is 1.64. The Hall–Kier alpha value is -0.890. The number of aryl methyl sites for hydroxylation is 2. The number of fused-ring (bicyclic) bond motifs is 1. The van der Waals surface area contributed by atoms with Gasteiger partial charge in [-0.15, -0.1) is 11.3 Å². The van der Waals surface area contributed by atoms with E-state index in [-0.39, 0.29) is 17.8 Å². The van der Waals surface area contributed by atoms with Crippen molar-refractivity contribution in [1.29, 1.82) is 0 Å². The van der Waals surface area contributed by atoms with Crippen molar-refractivity contribution in [2.75, 3.05) is 19.0 Å². The van der Waals surface area contributed by atoms with Gasteiger partial charge in [0.15, 0.2) is 5.16 Å². The summed E-state index contributed by atoms with van der Waals surface area (Å²) in [4.78, 5) is 20.4. The van der Waals surface area contributed by atoms with Crippen LogP contribution in [-0.4, -0.2) is 40.7 Å². The maximum absolute atomic E-state index is 13.4. The van der Waals surface area contributed by atoms with Gasteiger partial charge in [0.1, 0.15) is 4.83 Å². The van der Waals surface area contributed by atoms with Crippen molar-refractivity contribution in [2.45, 2.75) is 76.3 Å². The Bertz CT molecular complexity index is 849. The first-order chi connectivity index (χ1) is 13.2. The molecule has 2 aromatic rings. The van der Waals surface area contributed by atoms with Crippen LogP contribution < -0.4 is 5.56 Å². The van der Waals surface area contributed by atoms with Gasteiger partial charge in [0.2, 0.25) is 0 Å². The molecule has 0 aliphatic carbocycles. The summed E-state index contributed by atoms with van der Waals surface area (Å²) in [6, 6.07) is 0. The van der Waals surface area contributed by atoms with E-state index in [4.69, 9.17) is 14.5 Å². The van der Waals surface area contributed by atoms with Crippen LogP contribution >= 0.6 is 23.1 Å². The molecule has 2 atom stereocenters. The van der Waals surface area contributed by atoms with Crippen molar-refractivity contribution in [3.05, 3.63) is 20.8 Å². The monoisotopic (exact) mass is 408 g/mol. The second-order valence-corrected chi connectivity index (χ2v) is 9.61. The van der Waals surface area contributed by atoms with Crippen LogP contribution in [0.4, 0.5) is 0 Å². The Morgan fingerprint density at radius 2 is 1.96 bits per heavy atom. The van der Waals surface area contributed by atoms with Gasteiger partial charge in [0.25, 0.3) is 5.56 Å². The van der Waals surface area contributed by atoms with E-state index in [1.807, 2.05) is 4.57 Å². The van der Waals surface area contributed by atoms with E-state index >= 15 is 0 Å². The van der Waals surface area contributed by atoms with Crippen LogP contribution in [0, 0.1) is 6.92 Å². The summed E-state index contributed by atoms with van der Waals surface area (Å²) in [6.07, 6.45) is 6.83. The molecule has 2 aliphatic heterocycles. The fourth-order valence-electron chi connectivity index (χ4n) is 4.03. The summed E-state index contributed by atoms with van der Waals surface area (Å²) in [6.45, 7) is 6.46. The highest BCUT2D eigenvalue weighted by Crippen LogP contribution is 2.31. The van der Waals surface area contributed by atoms with E-state index in [0.29, 0.717) is 6.54 Å². The zero-order valence-corrected chi connectivity index (χ0v) is 17.8. The topological polar surface area (TPSA) is 53.4 Å². The molecular weight excluding hydrogens is 380 g/mol. The molecule has 5 nitrogen and oxygen atoms in total. The van der Waals surface area contributed by atoms with Gasteiger partial charge in [0, 0.05) is 23.8 Å². The van der Waals surface area contributed by atoms with Crippen LogP contribution in [0.2, 0.25) is 0 Å². The molecule has 27 heavy (non-hydrogen) atoms. The smallest absolute Gasteiger partial charge is 0.263 e. The quantitative estimate of drug-likeness (QED) is 0.530. The van der Waals surface area contributed by atoms with Crippen LogP contribution in [0.3, 0.4) is 0 Å². The summed E-state index contributed by atoms with van der Waals surface area (Å²) in [7, 11) is 0. The van der Waals surface area contributed by atoms with E-state index in [9.17, 15) is 4.79 Å². The molecule has 0 saturated carbocycles. The minimum atomic E-state index is 0.101. The first-order valence-electron chi connectivity index (χ1n) is 10.1. The lowest BCUT2D eigenvalue weighted by Gasteiger charge is -2.22. The molecule has 0 aromatic carbocycles. The summed E-state index contributed by atoms with van der Waals surface area (Å²) >= 11 is 3.31. The Labute approximate surface area is 168 Å². The van der Waals surface area contributed by atoms with Crippen molar-refractivity contribution in [3.63, 3.8) is 0 Å². The Balaban J connectivity index is 1.69. The lowest BCUT2D eigenvalue weighted by molar-refractivity contribution is 0.0315.